The van der Waals surface area contributed by atoms with Crippen molar-refractivity contribution in [3.63, 3.8) is 0 Å². The number of aromatic nitrogens is 1. The summed E-state index contributed by atoms with van der Waals surface area (Å²) in [7, 11) is 0. The SMILES string of the molecule is CC(=O)Oc1cccc(C2C(C(=O)c3sc(-c4ccccc4)nc3C)=C(O)C(=O)N2c2ccc(C#N)cc2)c1. The van der Waals surface area contributed by atoms with Gasteiger partial charge in [-0.05, 0) is 48.9 Å². The van der Waals surface area contributed by atoms with Crippen molar-refractivity contribution in [3.8, 4) is 22.4 Å². The van der Waals surface area contributed by atoms with E-state index >= 15 is 0 Å². The number of hydrogen-bond acceptors (Lipinski definition) is 8. The molecule has 1 atom stereocenters. The molecular weight excluding hydrogens is 514 g/mol. The van der Waals surface area contributed by atoms with Gasteiger partial charge in [0.2, 0.25) is 5.78 Å². The van der Waals surface area contributed by atoms with Gasteiger partial charge in [0.25, 0.3) is 5.91 Å². The maximum absolute atomic E-state index is 14.0. The maximum Gasteiger partial charge on any atom is 0.308 e. The Kier molecular flexibility index (Phi) is 6.79. The number of aryl methyl sites for hydroxylation is 1. The zero-order chi connectivity index (χ0) is 27.7. The van der Waals surface area contributed by atoms with Crippen molar-refractivity contribution in [2.24, 2.45) is 0 Å². The molecule has 1 N–H and O–H groups in total. The molecule has 2 heterocycles. The Morgan fingerprint density at radius 3 is 2.44 bits per heavy atom. The Morgan fingerprint density at radius 2 is 1.77 bits per heavy atom. The summed E-state index contributed by atoms with van der Waals surface area (Å²) in [5.74, 6) is -2.28. The number of Topliss-reactive ketones (excluding diaryl/α,β-unsaturated/α-hetero) is 1. The third kappa shape index (κ3) is 4.81. The average Bonchev–Trinajstić information content (AvgIpc) is 3.46. The summed E-state index contributed by atoms with van der Waals surface area (Å²) in [6.45, 7) is 2.98. The number of esters is 1. The molecular formula is C30H21N3O5S. The van der Waals surface area contributed by atoms with E-state index in [0.717, 1.165) is 5.56 Å². The normalized spacial score (nSPS) is 14.8. The molecule has 1 aliphatic heterocycles. The summed E-state index contributed by atoms with van der Waals surface area (Å²) < 4.78 is 5.24. The van der Waals surface area contributed by atoms with E-state index in [1.807, 2.05) is 36.4 Å². The van der Waals surface area contributed by atoms with E-state index in [4.69, 9.17) is 4.74 Å². The van der Waals surface area contributed by atoms with E-state index in [-0.39, 0.29) is 11.3 Å². The number of amides is 1. The van der Waals surface area contributed by atoms with Gasteiger partial charge in [0.05, 0.1) is 33.8 Å². The number of anilines is 1. The molecule has 1 aromatic heterocycles. The number of carbonyl (C=O) groups is 3. The van der Waals surface area contributed by atoms with Gasteiger partial charge in [-0.1, -0.05) is 42.5 Å². The van der Waals surface area contributed by atoms with Crippen LogP contribution in [0.1, 0.15) is 39.5 Å². The molecule has 0 fully saturated rings. The van der Waals surface area contributed by atoms with Gasteiger partial charge < -0.3 is 9.84 Å². The summed E-state index contributed by atoms with van der Waals surface area (Å²) in [5.41, 5.74) is 2.42. The van der Waals surface area contributed by atoms with Crippen LogP contribution in [0.2, 0.25) is 0 Å². The zero-order valence-electron chi connectivity index (χ0n) is 20.9. The van der Waals surface area contributed by atoms with E-state index in [9.17, 15) is 24.8 Å². The molecule has 1 aliphatic rings. The highest BCUT2D eigenvalue weighted by Gasteiger charge is 2.45. The summed E-state index contributed by atoms with van der Waals surface area (Å²) in [6.07, 6.45) is 0. The van der Waals surface area contributed by atoms with Crippen LogP contribution in [0.3, 0.4) is 0 Å². The smallest absolute Gasteiger partial charge is 0.308 e. The van der Waals surface area contributed by atoms with Crippen LogP contribution in [-0.4, -0.2) is 27.8 Å². The molecule has 1 amide bonds. The first-order valence-electron chi connectivity index (χ1n) is 11.9. The number of ketones is 1. The number of nitrogens with zero attached hydrogens (tertiary/aromatic N) is 3. The summed E-state index contributed by atoms with van der Waals surface area (Å²) >= 11 is 1.18. The second-order valence-corrected chi connectivity index (χ2v) is 9.79. The predicted octanol–water partition coefficient (Wildman–Crippen LogP) is 5.70. The third-order valence-corrected chi connectivity index (χ3v) is 7.39. The van der Waals surface area contributed by atoms with Crippen molar-refractivity contribution in [1.82, 2.24) is 4.98 Å². The Morgan fingerprint density at radius 1 is 1.05 bits per heavy atom. The number of nitriles is 1. The molecule has 3 aromatic carbocycles. The first-order valence-corrected chi connectivity index (χ1v) is 12.7. The molecule has 0 bridgehead atoms. The highest BCUT2D eigenvalue weighted by atomic mass is 32.1. The van der Waals surface area contributed by atoms with Gasteiger partial charge in [-0.25, -0.2) is 4.98 Å². The largest absolute Gasteiger partial charge is 0.503 e. The van der Waals surface area contributed by atoms with Crippen LogP contribution in [-0.2, 0) is 9.59 Å². The number of aliphatic hydroxyl groups is 1. The average molecular weight is 536 g/mol. The summed E-state index contributed by atoms with van der Waals surface area (Å²) in [6, 6.07) is 23.1. The quantitative estimate of drug-likeness (QED) is 0.191. The number of hydrogen-bond donors (Lipinski definition) is 1. The fourth-order valence-corrected chi connectivity index (χ4v) is 5.49. The van der Waals surface area contributed by atoms with Crippen LogP contribution in [0.25, 0.3) is 10.6 Å². The lowest BCUT2D eigenvalue weighted by Crippen LogP contribution is -2.31. The highest BCUT2D eigenvalue weighted by molar-refractivity contribution is 7.17. The van der Waals surface area contributed by atoms with Crippen LogP contribution in [0.15, 0.2) is 90.2 Å². The first kappa shape index (κ1) is 25.6. The molecule has 39 heavy (non-hydrogen) atoms. The highest BCUT2D eigenvalue weighted by Crippen LogP contribution is 2.44. The molecule has 9 heteroatoms. The number of rotatable bonds is 6. The molecule has 0 saturated heterocycles. The van der Waals surface area contributed by atoms with Gasteiger partial charge in [-0.15, -0.1) is 11.3 Å². The van der Waals surface area contributed by atoms with Gasteiger partial charge in [0.1, 0.15) is 10.8 Å². The van der Waals surface area contributed by atoms with E-state index in [2.05, 4.69) is 4.98 Å². The van der Waals surface area contributed by atoms with Crippen molar-refractivity contribution in [1.29, 1.82) is 5.26 Å². The van der Waals surface area contributed by atoms with Crippen LogP contribution >= 0.6 is 11.3 Å². The minimum absolute atomic E-state index is 0.115. The van der Waals surface area contributed by atoms with Crippen LogP contribution < -0.4 is 9.64 Å². The Balaban J connectivity index is 1.64. The fourth-order valence-electron chi connectivity index (χ4n) is 4.46. The van der Waals surface area contributed by atoms with Gasteiger partial charge >= 0.3 is 5.97 Å². The van der Waals surface area contributed by atoms with E-state index < -0.39 is 29.5 Å². The predicted molar refractivity (Wildman–Crippen MR) is 145 cm³/mol. The van der Waals surface area contributed by atoms with Gasteiger partial charge in [-0.3, -0.25) is 19.3 Å². The van der Waals surface area contributed by atoms with Gasteiger partial charge in [-0.2, -0.15) is 5.26 Å². The molecule has 8 nitrogen and oxygen atoms in total. The molecule has 5 rings (SSSR count). The second kappa shape index (κ2) is 10.4. The Hall–Kier alpha value is -5.07. The van der Waals surface area contributed by atoms with E-state index in [1.165, 1.54) is 23.2 Å². The lowest BCUT2D eigenvalue weighted by atomic mass is 9.94. The Labute approximate surface area is 228 Å². The molecule has 0 spiro atoms. The van der Waals surface area contributed by atoms with Crippen molar-refractivity contribution >= 4 is 34.7 Å². The lowest BCUT2D eigenvalue weighted by Gasteiger charge is -2.27. The molecule has 0 saturated carbocycles. The topological polar surface area (TPSA) is 121 Å². The minimum Gasteiger partial charge on any atom is -0.503 e. The summed E-state index contributed by atoms with van der Waals surface area (Å²) in [4.78, 5) is 45.3. The molecule has 1 unspecified atom stereocenters. The monoisotopic (exact) mass is 535 g/mol. The van der Waals surface area contributed by atoms with Gasteiger partial charge in [0.15, 0.2) is 5.76 Å². The van der Waals surface area contributed by atoms with E-state index in [1.54, 1.807) is 55.5 Å². The third-order valence-electron chi connectivity index (χ3n) is 6.19. The second-order valence-electron chi connectivity index (χ2n) is 8.79. The number of thiazole rings is 1. The number of benzene rings is 3. The van der Waals surface area contributed by atoms with Crippen LogP contribution in [0, 0.1) is 18.3 Å². The maximum atomic E-state index is 14.0. The van der Waals surface area contributed by atoms with Crippen LogP contribution in [0.4, 0.5) is 5.69 Å². The summed E-state index contributed by atoms with van der Waals surface area (Å²) in [5, 5.41) is 20.9. The van der Waals surface area contributed by atoms with Crippen molar-refractivity contribution in [2.45, 2.75) is 19.9 Å². The van der Waals surface area contributed by atoms with E-state index in [0.29, 0.717) is 32.4 Å². The first-order chi connectivity index (χ1) is 18.8. The minimum atomic E-state index is -1.03. The number of carbonyl (C=O) groups excluding carboxylic acids is 3. The van der Waals surface area contributed by atoms with Crippen LogP contribution in [0.5, 0.6) is 5.75 Å². The van der Waals surface area contributed by atoms with Crippen molar-refractivity contribution < 1.29 is 24.2 Å². The van der Waals surface area contributed by atoms with Gasteiger partial charge in [0, 0.05) is 18.2 Å². The molecule has 0 radical (unpaired) electrons. The van der Waals surface area contributed by atoms with Crippen molar-refractivity contribution in [2.75, 3.05) is 4.90 Å². The standard InChI is InChI=1S/C30H21N3O5S/c1-17-28(39-29(32-17)20-7-4-3-5-8-20)26(35)24-25(21-9-6-10-23(15-21)38-18(2)34)33(30(37)27(24)36)22-13-11-19(16-31)12-14-22/h3-15,25,36H,1-2H3. The fraction of sp³-hybridized carbons (Fsp3) is 0.100. The number of aliphatic hydroxyl groups excluding tert-OH is 1. The number of ether oxygens (including phenoxy) is 1. The molecule has 4 aromatic rings. The zero-order valence-corrected chi connectivity index (χ0v) is 21.7. The molecule has 0 aliphatic carbocycles. The van der Waals surface area contributed by atoms with Crippen molar-refractivity contribution in [3.05, 3.63) is 112 Å². The molecule has 192 valence electrons. The lowest BCUT2D eigenvalue weighted by molar-refractivity contribution is -0.131. The Bertz CT molecular complexity index is 1680.